The predicted molar refractivity (Wildman–Crippen MR) is 78.0 cm³/mol. The van der Waals surface area contributed by atoms with Crippen molar-refractivity contribution in [3.8, 4) is 5.75 Å². The summed E-state index contributed by atoms with van der Waals surface area (Å²) in [5.41, 5.74) is 3.55. The van der Waals surface area contributed by atoms with Gasteiger partial charge < -0.3 is 15.2 Å². The smallest absolute Gasteiger partial charge is 0.337 e. The van der Waals surface area contributed by atoms with Crippen LogP contribution in [0.3, 0.4) is 0 Å². The van der Waals surface area contributed by atoms with Gasteiger partial charge in [0.1, 0.15) is 5.75 Å². The highest BCUT2D eigenvalue weighted by Crippen LogP contribution is 2.18. The van der Waals surface area contributed by atoms with Crippen molar-refractivity contribution in [1.82, 2.24) is 0 Å². The Balaban J connectivity index is 2.06. The molecule has 0 radical (unpaired) electrons. The number of esters is 1. The van der Waals surface area contributed by atoms with E-state index in [-0.39, 0.29) is 11.7 Å². The van der Waals surface area contributed by atoms with Crippen LogP contribution in [0.1, 0.15) is 21.5 Å². The second kappa shape index (κ2) is 6.10. The van der Waals surface area contributed by atoms with Gasteiger partial charge in [-0.25, -0.2) is 4.79 Å². The highest BCUT2D eigenvalue weighted by Gasteiger charge is 2.07. The van der Waals surface area contributed by atoms with Crippen LogP contribution in [-0.4, -0.2) is 18.2 Å². The SMILES string of the molecule is COC(=O)c1ccc(NCc2ccc(O)cc2)c(C)c1. The van der Waals surface area contributed by atoms with E-state index >= 15 is 0 Å². The van der Waals surface area contributed by atoms with Crippen molar-refractivity contribution in [2.45, 2.75) is 13.5 Å². The van der Waals surface area contributed by atoms with Gasteiger partial charge in [0.2, 0.25) is 0 Å². The zero-order valence-electron chi connectivity index (χ0n) is 11.5. The van der Waals surface area contributed by atoms with Gasteiger partial charge in [-0.15, -0.1) is 0 Å². The molecule has 0 saturated heterocycles. The largest absolute Gasteiger partial charge is 0.508 e. The summed E-state index contributed by atoms with van der Waals surface area (Å²) in [6.45, 7) is 2.59. The number of carbonyl (C=O) groups is 1. The van der Waals surface area contributed by atoms with Crippen molar-refractivity contribution >= 4 is 11.7 Å². The molecule has 0 spiro atoms. The van der Waals surface area contributed by atoms with Gasteiger partial charge in [-0.05, 0) is 48.4 Å². The lowest BCUT2D eigenvalue weighted by Crippen LogP contribution is -2.04. The van der Waals surface area contributed by atoms with E-state index < -0.39 is 0 Å². The lowest BCUT2D eigenvalue weighted by molar-refractivity contribution is 0.0600. The Labute approximate surface area is 118 Å². The molecule has 2 N–H and O–H groups in total. The molecular formula is C16H17NO3. The molecule has 0 heterocycles. The number of rotatable bonds is 4. The van der Waals surface area contributed by atoms with Gasteiger partial charge in [-0.2, -0.15) is 0 Å². The second-order valence-corrected chi connectivity index (χ2v) is 4.54. The van der Waals surface area contributed by atoms with E-state index in [0.717, 1.165) is 16.8 Å². The first kappa shape index (κ1) is 13.9. The molecule has 0 aliphatic heterocycles. The first-order valence-corrected chi connectivity index (χ1v) is 6.31. The summed E-state index contributed by atoms with van der Waals surface area (Å²) in [6, 6.07) is 12.4. The van der Waals surface area contributed by atoms with Crippen LogP contribution in [0.25, 0.3) is 0 Å². The molecule has 20 heavy (non-hydrogen) atoms. The summed E-state index contributed by atoms with van der Waals surface area (Å²) in [7, 11) is 1.37. The number of carbonyl (C=O) groups excluding carboxylic acids is 1. The average Bonchev–Trinajstić information content (AvgIpc) is 2.46. The van der Waals surface area contributed by atoms with Crippen LogP contribution < -0.4 is 5.32 Å². The van der Waals surface area contributed by atoms with Crippen molar-refractivity contribution in [3.05, 3.63) is 59.2 Å². The minimum absolute atomic E-state index is 0.257. The molecule has 0 aliphatic carbocycles. The molecule has 0 unspecified atom stereocenters. The number of nitrogens with one attached hydrogen (secondary N) is 1. The third-order valence-corrected chi connectivity index (χ3v) is 3.07. The summed E-state index contributed by atoms with van der Waals surface area (Å²) in [4.78, 5) is 11.4. The molecule has 2 aromatic rings. The van der Waals surface area contributed by atoms with Crippen molar-refractivity contribution in [1.29, 1.82) is 0 Å². The maximum absolute atomic E-state index is 11.4. The molecule has 4 nitrogen and oxygen atoms in total. The molecular weight excluding hydrogens is 254 g/mol. The van der Waals surface area contributed by atoms with Gasteiger partial charge in [0.25, 0.3) is 0 Å². The Hall–Kier alpha value is -2.49. The molecule has 2 rings (SSSR count). The Morgan fingerprint density at radius 1 is 1.20 bits per heavy atom. The zero-order valence-corrected chi connectivity index (χ0v) is 11.5. The first-order chi connectivity index (χ1) is 9.60. The van der Waals surface area contributed by atoms with Crippen LogP contribution in [0.15, 0.2) is 42.5 Å². The van der Waals surface area contributed by atoms with Crippen LogP contribution in [0.5, 0.6) is 5.75 Å². The molecule has 4 heteroatoms. The summed E-state index contributed by atoms with van der Waals surface area (Å²) >= 11 is 0. The summed E-state index contributed by atoms with van der Waals surface area (Å²) in [5.74, 6) is -0.0782. The number of benzene rings is 2. The Kier molecular flexibility index (Phi) is 4.25. The number of hydrogen-bond donors (Lipinski definition) is 2. The normalized spacial score (nSPS) is 10.1. The van der Waals surface area contributed by atoms with Gasteiger partial charge in [0, 0.05) is 12.2 Å². The highest BCUT2D eigenvalue weighted by molar-refractivity contribution is 5.90. The van der Waals surface area contributed by atoms with E-state index in [9.17, 15) is 9.90 Å². The van der Waals surface area contributed by atoms with Crippen LogP contribution in [-0.2, 0) is 11.3 Å². The Morgan fingerprint density at radius 2 is 1.90 bits per heavy atom. The number of phenolic OH excluding ortho intramolecular Hbond substituents is 1. The number of hydrogen-bond acceptors (Lipinski definition) is 4. The van der Waals surface area contributed by atoms with Gasteiger partial charge in [0.15, 0.2) is 0 Å². The van der Waals surface area contributed by atoms with Crippen molar-refractivity contribution in [2.24, 2.45) is 0 Å². The fourth-order valence-electron chi connectivity index (χ4n) is 1.92. The fourth-order valence-corrected chi connectivity index (χ4v) is 1.92. The molecule has 0 atom stereocenters. The van der Waals surface area contributed by atoms with Gasteiger partial charge in [0.05, 0.1) is 12.7 Å². The van der Waals surface area contributed by atoms with Crippen molar-refractivity contribution in [2.75, 3.05) is 12.4 Å². The van der Waals surface area contributed by atoms with Gasteiger partial charge in [-0.1, -0.05) is 12.1 Å². The number of phenols is 1. The van der Waals surface area contributed by atoms with Crippen LogP contribution in [0, 0.1) is 6.92 Å². The summed E-state index contributed by atoms with van der Waals surface area (Å²) in [5, 5.41) is 12.5. The molecule has 104 valence electrons. The van der Waals surface area contributed by atoms with Crippen molar-refractivity contribution < 1.29 is 14.6 Å². The quantitative estimate of drug-likeness (QED) is 0.839. The number of aryl methyl sites for hydroxylation is 1. The van der Waals surface area contributed by atoms with Crippen LogP contribution >= 0.6 is 0 Å². The van der Waals surface area contributed by atoms with E-state index in [1.165, 1.54) is 7.11 Å². The molecule has 0 aromatic heterocycles. The average molecular weight is 271 g/mol. The van der Waals surface area contributed by atoms with E-state index in [2.05, 4.69) is 10.1 Å². The highest BCUT2D eigenvalue weighted by atomic mass is 16.5. The van der Waals surface area contributed by atoms with E-state index in [1.54, 1.807) is 24.3 Å². The monoisotopic (exact) mass is 271 g/mol. The second-order valence-electron chi connectivity index (χ2n) is 4.54. The van der Waals surface area contributed by atoms with E-state index in [4.69, 9.17) is 0 Å². The molecule has 2 aromatic carbocycles. The standard InChI is InChI=1S/C16H17NO3/c1-11-9-13(16(19)20-2)5-8-15(11)17-10-12-3-6-14(18)7-4-12/h3-9,17-18H,10H2,1-2H3. The number of anilines is 1. The van der Waals surface area contributed by atoms with Crippen LogP contribution in [0.4, 0.5) is 5.69 Å². The predicted octanol–water partition coefficient (Wildman–Crippen LogP) is 3.10. The van der Waals surface area contributed by atoms with E-state index in [1.807, 2.05) is 25.1 Å². The van der Waals surface area contributed by atoms with Crippen LogP contribution in [0.2, 0.25) is 0 Å². The first-order valence-electron chi connectivity index (χ1n) is 6.31. The van der Waals surface area contributed by atoms with E-state index in [0.29, 0.717) is 12.1 Å². The minimum Gasteiger partial charge on any atom is -0.508 e. The molecule has 0 saturated carbocycles. The fraction of sp³-hybridized carbons (Fsp3) is 0.188. The number of methoxy groups -OCH3 is 1. The molecule has 0 bridgehead atoms. The number of aromatic hydroxyl groups is 1. The lowest BCUT2D eigenvalue weighted by Gasteiger charge is -2.11. The summed E-state index contributed by atoms with van der Waals surface area (Å²) in [6.07, 6.45) is 0. The maximum Gasteiger partial charge on any atom is 0.337 e. The minimum atomic E-state index is -0.335. The third-order valence-electron chi connectivity index (χ3n) is 3.07. The van der Waals surface area contributed by atoms with Gasteiger partial charge in [-0.3, -0.25) is 0 Å². The summed E-state index contributed by atoms with van der Waals surface area (Å²) < 4.78 is 4.69. The molecule has 0 amide bonds. The molecule has 0 aliphatic rings. The third kappa shape index (κ3) is 3.29. The lowest BCUT2D eigenvalue weighted by atomic mass is 10.1. The Morgan fingerprint density at radius 3 is 2.50 bits per heavy atom. The zero-order chi connectivity index (χ0) is 14.5. The van der Waals surface area contributed by atoms with Gasteiger partial charge >= 0.3 is 5.97 Å². The maximum atomic E-state index is 11.4. The van der Waals surface area contributed by atoms with Crippen molar-refractivity contribution in [3.63, 3.8) is 0 Å². The topological polar surface area (TPSA) is 58.6 Å². The number of ether oxygens (including phenoxy) is 1. The Bertz CT molecular complexity index is 606. The molecule has 0 fully saturated rings.